The van der Waals surface area contributed by atoms with Crippen molar-refractivity contribution in [3.8, 4) is 5.75 Å². The molecule has 0 saturated heterocycles. The molecule has 0 unspecified atom stereocenters. The molecule has 0 aliphatic carbocycles. The largest absolute Gasteiger partial charge is 0.482 e. The number of carbonyl (C=O) groups excluding carboxylic acids is 1. The molecule has 27 heavy (non-hydrogen) atoms. The molecule has 1 aliphatic heterocycles. The van der Waals surface area contributed by atoms with Crippen LogP contribution in [0.25, 0.3) is 0 Å². The van der Waals surface area contributed by atoms with Gasteiger partial charge in [-0.15, -0.1) is 0 Å². The van der Waals surface area contributed by atoms with Gasteiger partial charge in [0.2, 0.25) is 11.9 Å². The number of carbonyl (C=O) groups is 1. The zero-order valence-electron chi connectivity index (χ0n) is 16.0. The molecule has 9 heteroatoms. The third kappa shape index (κ3) is 4.54. The number of aryl methyl sites for hydroxylation is 2. The average molecular weight is 374 g/mol. The van der Waals surface area contributed by atoms with Crippen LogP contribution in [0.15, 0.2) is 12.3 Å². The number of fused-ring (bicyclic) bond motifs is 2. The quantitative estimate of drug-likeness (QED) is 0.815. The Kier molecular flexibility index (Phi) is 5.90. The van der Waals surface area contributed by atoms with Gasteiger partial charge in [0.25, 0.3) is 0 Å². The molecule has 3 rings (SSSR count). The third-order valence-corrected chi connectivity index (χ3v) is 4.59. The SMILES string of the molecule is CC(=O)N1CCC[C@@H](CCO)Nc2nc1ncc2OCc1cc(C)nn1C. The van der Waals surface area contributed by atoms with Crippen molar-refractivity contribution in [2.45, 2.75) is 45.8 Å². The van der Waals surface area contributed by atoms with E-state index in [0.29, 0.717) is 37.1 Å². The van der Waals surface area contributed by atoms with Gasteiger partial charge in [-0.25, -0.2) is 4.98 Å². The van der Waals surface area contributed by atoms with E-state index in [4.69, 9.17) is 4.74 Å². The van der Waals surface area contributed by atoms with Crippen molar-refractivity contribution in [3.05, 3.63) is 23.7 Å². The van der Waals surface area contributed by atoms with Crippen molar-refractivity contribution < 1.29 is 14.6 Å². The fourth-order valence-electron chi connectivity index (χ4n) is 3.18. The molecule has 2 aromatic heterocycles. The third-order valence-electron chi connectivity index (χ3n) is 4.59. The molecule has 0 spiro atoms. The lowest BCUT2D eigenvalue weighted by atomic mass is 10.1. The second-order valence-corrected chi connectivity index (χ2v) is 6.74. The maximum Gasteiger partial charge on any atom is 0.234 e. The molecule has 2 N–H and O–H groups in total. The Hall–Kier alpha value is -2.68. The first kappa shape index (κ1) is 19.1. The number of amides is 1. The van der Waals surface area contributed by atoms with E-state index >= 15 is 0 Å². The second-order valence-electron chi connectivity index (χ2n) is 6.74. The fourth-order valence-corrected chi connectivity index (χ4v) is 3.18. The van der Waals surface area contributed by atoms with E-state index in [2.05, 4.69) is 20.4 Å². The summed E-state index contributed by atoms with van der Waals surface area (Å²) in [4.78, 5) is 22.4. The molecule has 2 aromatic rings. The first-order chi connectivity index (χ1) is 13.0. The minimum absolute atomic E-state index is 0.0472. The van der Waals surface area contributed by atoms with Crippen LogP contribution in [0.3, 0.4) is 0 Å². The summed E-state index contributed by atoms with van der Waals surface area (Å²) in [7, 11) is 1.87. The summed E-state index contributed by atoms with van der Waals surface area (Å²) in [6.45, 7) is 4.40. The highest BCUT2D eigenvalue weighted by Crippen LogP contribution is 2.28. The molecule has 1 aliphatic rings. The number of hydrogen-bond acceptors (Lipinski definition) is 7. The van der Waals surface area contributed by atoms with Crippen LogP contribution in [0.2, 0.25) is 0 Å². The lowest BCUT2D eigenvalue weighted by Crippen LogP contribution is -2.31. The number of anilines is 2. The van der Waals surface area contributed by atoms with Crippen molar-refractivity contribution >= 4 is 17.7 Å². The molecule has 1 amide bonds. The Balaban J connectivity index is 1.87. The zero-order chi connectivity index (χ0) is 19.4. The predicted molar refractivity (Wildman–Crippen MR) is 101 cm³/mol. The number of aliphatic hydroxyl groups is 1. The molecule has 1 atom stereocenters. The highest BCUT2D eigenvalue weighted by molar-refractivity contribution is 5.89. The van der Waals surface area contributed by atoms with Gasteiger partial charge >= 0.3 is 0 Å². The summed E-state index contributed by atoms with van der Waals surface area (Å²) in [5.41, 5.74) is 1.86. The molecule has 3 heterocycles. The first-order valence-electron chi connectivity index (χ1n) is 9.12. The van der Waals surface area contributed by atoms with E-state index in [1.165, 1.54) is 6.92 Å². The smallest absolute Gasteiger partial charge is 0.234 e. The maximum absolute atomic E-state index is 12.0. The number of hydrogen-bond donors (Lipinski definition) is 2. The van der Waals surface area contributed by atoms with E-state index in [0.717, 1.165) is 24.2 Å². The van der Waals surface area contributed by atoms with Crippen LogP contribution >= 0.6 is 0 Å². The number of ether oxygens (including phenoxy) is 1. The first-order valence-corrected chi connectivity index (χ1v) is 9.12. The average Bonchev–Trinajstić information content (AvgIpc) is 2.96. The van der Waals surface area contributed by atoms with Crippen molar-refractivity contribution in [1.29, 1.82) is 0 Å². The van der Waals surface area contributed by atoms with Gasteiger partial charge in [-0.2, -0.15) is 10.1 Å². The molecule has 0 aromatic carbocycles. The highest BCUT2D eigenvalue weighted by atomic mass is 16.5. The number of aliphatic hydroxyl groups excluding tert-OH is 1. The molecular weight excluding hydrogens is 348 g/mol. The number of nitrogens with one attached hydrogen (secondary N) is 1. The maximum atomic E-state index is 12.0. The van der Waals surface area contributed by atoms with Gasteiger partial charge in [0.05, 0.1) is 17.6 Å². The molecular formula is C18H26N6O3. The van der Waals surface area contributed by atoms with Gasteiger partial charge in [-0.05, 0) is 32.3 Å². The van der Waals surface area contributed by atoms with E-state index < -0.39 is 0 Å². The summed E-state index contributed by atoms with van der Waals surface area (Å²) in [6.07, 6.45) is 3.79. The van der Waals surface area contributed by atoms with Gasteiger partial charge < -0.3 is 15.2 Å². The summed E-state index contributed by atoms with van der Waals surface area (Å²) in [6, 6.07) is 2.01. The normalized spacial score (nSPS) is 16.9. The topological polar surface area (TPSA) is 105 Å². The van der Waals surface area contributed by atoms with Crippen LogP contribution in [-0.4, -0.2) is 50.0 Å². The van der Waals surface area contributed by atoms with Crippen molar-refractivity contribution in [1.82, 2.24) is 19.7 Å². The van der Waals surface area contributed by atoms with E-state index in [1.807, 2.05) is 20.0 Å². The van der Waals surface area contributed by atoms with Gasteiger partial charge in [0.15, 0.2) is 11.6 Å². The molecule has 0 saturated carbocycles. The summed E-state index contributed by atoms with van der Waals surface area (Å²) in [5, 5.41) is 17.0. The van der Waals surface area contributed by atoms with Gasteiger partial charge in [-0.3, -0.25) is 14.4 Å². The zero-order valence-corrected chi connectivity index (χ0v) is 16.0. The van der Waals surface area contributed by atoms with Crippen LogP contribution < -0.4 is 15.0 Å². The number of aromatic nitrogens is 4. The van der Waals surface area contributed by atoms with Crippen molar-refractivity contribution in [2.75, 3.05) is 23.4 Å². The van der Waals surface area contributed by atoms with Crippen LogP contribution in [0, 0.1) is 6.92 Å². The van der Waals surface area contributed by atoms with Crippen LogP contribution in [-0.2, 0) is 18.4 Å². The Morgan fingerprint density at radius 1 is 1.48 bits per heavy atom. The number of rotatable bonds is 5. The lowest BCUT2D eigenvalue weighted by molar-refractivity contribution is -0.116. The van der Waals surface area contributed by atoms with Crippen molar-refractivity contribution in [2.24, 2.45) is 7.05 Å². The van der Waals surface area contributed by atoms with Gasteiger partial charge in [0, 0.05) is 33.2 Å². The lowest BCUT2D eigenvalue weighted by Gasteiger charge is -2.19. The minimum atomic E-state index is -0.0967. The molecule has 2 bridgehead atoms. The van der Waals surface area contributed by atoms with Crippen LogP contribution in [0.5, 0.6) is 5.75 Å². The van der Waals surface area contributed by atoms with Crippen LogP contribution in [0.1, 0.15) is 37.6 Å². The van der Waals surface area contributed by atoms with Crippen molar-refractivity contribution in [3.63, 3.8) is 0 Å². The standard InChI is InChI=1S/C18H26N6O3/c1-12-9-15(23(3)22-12)11-27-16-10-19-18-21-17(16)20-14(6-8-25)5-4-7-24(18)13(2)26/h9-10,14,25H,4-8,11H2,1-3H3,(H,19,20,21)/t14-/m0/s1. The predicted octanol–water partition coefficient (Wildman–Crippen LogP) is 1.41. The van der Waals surface area contributed by atoms with Gasteiger partial charge in [-0.1, -0.05) is 0 Å². The van der Waals surface area contributed by atoms with E-state index in [9.17, 15) is 9.90 Å². The number of nitrogens with zero attached hydrogens (tertiary/aromatic N) is 5. The van der Waals surface area contributed by atoms with E-state index in [1.54, 1.807) is 15.8 Å². The molecule has 0 fully saturated rings. The monoisotopic (exact) mass is 374 g/mol. The Morgan fingerprint density at radius 3 is 2.96 bits per heavy atom. The Morgan fingerprint density at radius 2 is 2.30 bits per heavy atom. The van der Waals surface area contributed by atoms with Gasteiger partial charge in [0.1, 0.15) is 6.61 Å². The fraction of sp³-hybridized carbons (Fsp3) is 0.556. The minimum Gasteiger partial charge on any atom is -0.482 e. The summed E-state index contributed by atoms with van der Waals surface area (Å²) < 4.78 is 7.72. The molecule has 146 valence electrons. The highest BCUT2D eigenvalue weighted by Gasteiger charge is 2.22. The van der Waals surface area contributed by atoms with E-state index in [-0.39, 0.29) is 18.6 Å². The molecule has 9 nitrogen and oxygen atoms in total. The second kappa shape index (κ2) is 8.34. The molecule has 0 radical (unpaired) electrons. The Bertz CT molecular complexity index is 806. The summed E-state index contributed by atoms with van der Waals surface area (Å²) >= 11 is 0. The Labute approximate surface area is 158 Å². The van der Waals surface area contributed by atoms with Crippen LogP contribution in [0.4, 0.5) is 11.8 Å². The summed E-state index contributed by atoms with van der Waals surface area (Å²) in [5.74, 6) is 1.30.